The fraction of sp³-hybridized carbons (Fsp3) is 0.517. The molecule has 0 bridgehead atoms. The summed E-state index contributed by atoms with van der Waals surface area (Å²) in [7, 11) is 9.44. The number of hydrogen-bond donors (Lipinski definition) is 1. The van der Waals surface area contributed by atoms with Crippen LogP contribution < -0.4 is 28.4 Å². The Kier molecular flexibility index (Phi) is 8.87. The maximum absolute atomic E-state index is 12.0. The summed E-state index contributed by atoms with van der Waals surface area (Å²) in [5.41, 5.74) is 2.79. The Bertz CT molecular complexity index is 1150. The van der Waals surface area contributed by atoms with Crippen LogP contribution in [0.5, 0.6) is 34.5 Å². The normalized spacial score (nSPS) is 21.2. The van der Waals surface area contributed by atoms with Gasteiger partial charge in [-0.25, -0.2) is 0 Å². The van der Waals surface area contributed by atoms with Crippen molar-refractivity contribution in [1.29, 1.82) is 0 Å². The molecule has 2 aromatic rings. The highest BCUT2D eigenvalue weighted by atomic mass is 16.5. The van der Waals surface area contributed by atoms with Gasteiger partial charge in [0.15, 0.2) is 23.0 Å². The molecule has 0 saturated carbocycles. The zero-order valence-electron chi connectivity index (χ0n) is 23.6. The third kappa shape index (κ3) is 4.92. The van der Waals surface area contributed by atoms with Crippen molar-refractivity contribution in [2.24, 2.45) is 5.92 Å². The lowest BCUT2D eigenvalue weighted by Gasteiger charge is -2.41. The van der Waals surface area contributed by atoms with Crippen LogP contribution in [-0.2, 0) is 11.2 Å². The molecule has 1 N–H and O–H groups in total. The van der Waals surface area contributed by atoms with E-state index in [1.165, 1.54) is 0 Å². The molecule has 0 fully saturated rings. The topological polar surface area (TPSA) is 84.8 Å². The maximum Gasteiger partial charge on any atom is 0.203 e. The van der Waals surface area contributed by atoms with E-state index >= 15 is 0 Å². The van der Waals surface area contributed by atoms with Gasteiger partial charge in [-0.1, -0.05) is 18.6 Å². The van der Waals surface area contributed by atoms with Gasteiger partial charge in [-0.2, -0.15) is 0 Å². The van der Waals surface area contributed by atoms with E-state index in [1.54, 1.807) is 42.7 Å². The second-order valence-corrected chi connectivity index (χ2v) is 9.45. The summed E-state index contributed by atoms with van der Waals surface area (Å²) < 4.78 is 41.2. The average Bonchev–Trinajstić information content (AvgIpc) is 2.90. The Morgan fingerprint density at radius 1 is 0.865 bits per heavy atom. The first kappa shape index (κ1) is 28.5. The number of benzene rings is 2. The predicted octanol–water partition coefficient (Wildman–Crippen LogP) is 5.37. The summed E-state index contributed by atoms with van der Waals surface area (Å²) in [5, 5.41) is 12.0. The van der Waals surface area contributed by atoms with Crippen LogP contribution in [0.1, 0.15) is 44.9 Å². The first-order valence-corrected chi connectivity index (χ1v) is 12.3. The highest BCUT2D eigenvalue weighted by Gasteiger charge is 2.45. The summed E-state index contributed by atoms with van der Waals surface area (Å²) in [5.74, 6) is 2.57. The average molecular weight is 517 g/mol. The largest absolute Gasteiger partial charge is 0.493 e. The summed E-state index contributed by atoms with van der Waals surface area (Å²) in [4.78, 5) is 0. The monoisotopic (exact) mass is 516 g/mol. The first-order chi connectivity index (χ1) is 17.6. The molecule has 3 atom stereocenters. The maximum atomic E-state index is 12.0. The molecular weight excluding hydrogens is 476 g/mol. The van der Waals surface area contributed by atoms with Crippen LogP contribution in [0.15, 0.2) is 23.8 Å². The van der Waals surface area contributed by atoms with Gasteiger partial charge in [0, 0.05) is 11.1 Å². The third-order valence-corrected chi connectivity index (χ3v) is 7.33. The Labute approximate surface area is 220 Å². The van der Waals surface area contributed by atoms with Gasteiger partial charge in [0.2, 0.25) is 11.5 Å². The molecule has 0 heterocycles. The van der Waals surface area contributed by atoms with Crippen LogP contribution >= 0.6 is 0 Å². The first-order valence-electron chi connectivity index (χ1n) is 12.3. The van der Waals surface area contributed by atoms with Crippen molar-refractivity contribution >= 4 is 0 Å². The second-order valence-electron chi connectivity index (χ2n) is 9.45. The molecule has 0 radical (unpaired) electrons. The van der Waals surface area contributed by atoms with Crippen LogP contribution in [0.25, 0.3) is 11.1 Å². The summed E-state index contributed by atoms with van der Waals surface area (Å²) >= 11 is 0. The van der Waals surface area contributed by atoms with Crippen LogP contribution in [-0.4, -0.2) is 60.0 Å². The fourth-order valence-electron chi connectivity index (χ4n) is 4.95. The minimum atomic E-state index is -1.26. The number of hydrogen-bond acceptors (Lipinski definition) is 8. The Hall–Kier alpha value is -3.10. The van der Waals surface area contributed by atoms with Crippen LogP contribution in [0.3, 0.4) is 0 Å². The third-order valence-electron chi connectivity index (χ3n) is 7.33. The van der Waals surface area contributed by atoms with E-state index in [-0.39, 0.29) is 5.92 Å². The van der Waals surface area contributed by atoms with Crippen LogP contribution in [0.2, 0.25) is 0 Å². The van der Waals surface area contributed by atoms with Crippen molar-refractivity contribution in [1.82, 2.24) is 0 Å². The molecule has 0 aliphatic heterocycles. The van der Waals surface area contributed by atoms with E-state index < -0.39 is 11.7 Å². The molecule has 204 valence electrons. The number of fused-ring (bicyclic) bond motifs is 3. The van der Waals surface area contributed by atoms with Gasteiger partial charge in [0.1, 0.15) is 6.10 Å². The highest BCUT2D eigenvalue weighted by molar-refractivity contribution is 5.88. The fourth-order valence-corrected chi connectivity index (χ4v) is 4.95. The predicted molar refractivity (Wildman–Crippen MR) is 143 cm³/mol. The van der Waals surface area contributed by atoms with E-state index in [4.69, 9.17) is 33.2 Å². The van der Waals surface area contributed by atoms with Crippen molar-refractivity contribution in [3.05, 3.63) is 34.9 Å². The zero-order valence-corrected chi connectivity index (χ0v) is 23.6. The Morgan fingerprint density at radius 2 is 1.38 bits per heavy atom. The van der Waals surface area contributed by atoms with Gasteiger partial charge in [-0.3, -0.25) is 0 Å². The summed E-state index contributed by atoms with van der Waals surface area (Å²) in [6.07, 6.45) is 1.78. The Morgan fingerprint density at radius 3 is 1.86 bits per heavy atom. The lowest BCUT2D eigenvalue weighted by molar-refractivity contribution is -0.125. The smallest absolute Gasteiger partial charge is 0.203 e. The summed E-state index contributed by atoms with van der Waals surface area (Å²) in [6.45, 7) is 8.12. The van der Waals surface area contributed by atoms with Crippen LogP contribution in [0.4, 0.5) is 0 Å². The van der Waals surface area contributed by atoms with Gasteiger partial charge in [0.05, 0.1) is 54.9 Å². The van der Waals surface area contributed by atoms with Gasteiger partial charge in [-0.05, 0) is 56.4 Å². The van der Waals surface area contributed by atoms with E-state index in [9.17, 15) is 5.11 Å². The van der Waals surface area contributed by atoms with Gasteiger partial charge < -0.3 is 38.3 Å². The zero-order chi connectivity index (χ0) is 27.5. The molecule has 37 heavy (non-hydrogen) atoms. The summed E-state index contributed by atoms with van der Waals surface area (Å²) in [6, 6.07) is 3.77. The quantitative estimate of drug-likeness (QED) is 0.445. The molecule has 2 aromatic carbocycles. The number of allylic oxidation sites excluding steroid dienone is 1. The number of methoxy groups -OCH3 is 6. The highest BCUT2D eigenvalue weighted by Crippen LogP contribution is 2.58. The van der Waals surface area contributed by atoms with E-state index in [1.807, 2.05) is 45.9 Å². The number of aliphatic hydroxyl groups is 1. The van der Waals surface area contributed by atoms with E-state index in [2.05, 4.69) is 0 Å². The van der Waals surface area contributed by atoms with Crippen molar-refractivity contribution in [2.45, 2.75) is 45.8 Å². The van der Waals surface area contributed by atoms with Gasteiger partial charge >= 0.3 is 0 Å². The molecule has 0 amide bonds. The molecule has 0 aromatic heterocycles. The van der Waals surface area contributed by atoms with Gasteiger partial charge in [0.25, 0.3) is 0 Å². The number of ether oxygens (including phenoxy) is 7. The van der Waals surface area contributed by atoms with Gasteiger partial charge in [-0.15, -0.1) is 0 Å². The molecule has 8 heteroatoms. The molecule has 8 nitrogen and oxygen atoms in total. The molecule has 1 aliphatic carbocycles. The second kappa shape index (κ2) is 11.5. The standard InChI is InChI=1S/C29H40O8/c1-11-16(2)15-37-28-19-14-21(32-6)25(34-8)27(36-10)23(19)22-18(12-17(3)29(28,4)30)13-20(31-5)24(33-7)26(22)35-9/h11,13-14,17,28,30H,12,15H2,1-10H3/t17-,28?,29-/m0/s1. The molecule has 0 spiro atoms. The van der Waals surface area contributed by atoms with Crippen LogP contribution in [0, 0.1) is 5.92 Å². The molecule has 0 saturated heterocycles. The van der Waals surface area contributed by atoms with Crippen molar-refractivity contribution in [2.75, 3.05) is 49.3 Å². The molecular formula is C29H40O8. The van der Waals surface area contributed by atoms with E-state index in [0.29, 0.717) is 58.7 Å². The lowest BCUT2D eigenvalue weighted by atomic mass is 9.73. The van der Waals surface area contributed by atoms with Crippen molar-refractivity contribution in [3.8, 4) is 45.6 Å². The molecule has 1 aliphatic rings. The Balaban J connectivity index is 2.57. The minimum Gasteiger partial charge on any atom is -0.493 e. The molecule has 1 unspecified atom stereocenters. The lowest BCUT2D eigenvalue weighted by Crippen LogP contribution is -2.43. The SMILES string of the molecule is CC=C(C)COC1c2cc(OC)c(OC)c(OC)c2-c2c(cc(OC)c(OC)c2OC)C[C@H](C)[C@]1(C)O. The minimum absolute atomic E-state index is 0.211. The van der Waals surface area contributed by atoms with Crippen molar-refractivity contribution < 1.29 is 38.3 Å². The molecule has 3 rings (SSSR count). The van der Waals surface area contributed by atoms with Crippen molar-refractivity contribution in [3.63, 3.8) is 0 Å². The van der Waals surface area contributed by atoms with E-state index in [0.717, 1.165) is 16.7 Å². The number of rotatable bonds is 9.